The lowest BCUT2D eigenvalue weighted by Crippen LogP contribution is -2.44. The van der Waals surface area contributed by atoms with Crippen molar-refractivity contribution < 1.29 is 4.79 Å². The molecule has 2 amide bonds. The highest BCUT2D eigenvalue weighted by Crippen LogP contribution is 2.28. The summed E-state index contributed by atoms with van der Waals surface area (Å²) in [4.78, 5) is 14.1. The monoisotopic (exact) mass is 265 g/mol. The van der Waals surface area contributed by atoms with Crippen LogP contribution in [0.1, 0.15) is 51.4 Å². The minimum Gasteiger partial charge on any atom is -0.333 e. The molecule has 0 radical (unpaired) electrons. The summed E-state index contributed by atoms with van der Waals surface area (Å²) in [6, 6.07) is 1.10. The van der Waals surface area contributed by atoms with Crippen molar-refractivity contribution in [1.82, 2.24) is 15.5 Å². The van der Waals surface area contributed by atoms with Gasteiger partial charge in [-0.2, -0.15) is 0 Å². The molecule has 4 heteroatoms. The Morgan fingerprint density at radius 1 is 1.05 bits per heavy atom. The summed E-state index contributed by atoms with van der Waals surface area (Å²) < 4.78 is 0. The molecule has 2 atom stereocenters. The number of piperidine rings is 1. The number of carbonyl (C=O) groups excluding carboxylic acids is 1. The number of hydrogen-bond donors (Lipinski definition) is 2. The molecule has 1 aliphatic carbocycles. The van der Waals surface area contributed by atoms with Gasteiger partial charge in [-0.3, -0.25) is 0 Å². The van der Waals surface area contributed by atoms with Gasteiger partial charge in [0.15, 0.2) is 0 Å². The number of amides is 2. The zero-order chi connectivity index (χ0) is 13.1. The normalized spacial score (nSPS) is 33.5. The lowest BCUT2D eigenvalue weighted by Gasteiger charge is -2.29. The second-order valence-corrected chi connectivity index (χ2v) is 6.51. The highest BCUT2D eigenvalue weighted by atomic mass is 16.2. The quantitative estimate of drug-likeness (QED) is 0.821. The van der Waals surface area contributed by atoms with Crippen molar-refractivity contribution in [3.05, 3.63) is 0 Å². The van der Waals surface area contributed by atoms with E-state index in [1.54, 1.807) is 0 Å². The summed E-state index contributed by atoms with van der Waals surface area (Å²) in [5.41, 5.74) is 0. The molecule has 2 heterocycles. The Morgan fingerprint density at radius 3 is 2.58 bits per heavy atom. The lowest BCUT2D eigenvalue weighted by atomic mass is 9.84. The second-order valence-electron chi connectivity index (χ2n) is 6.51. The Balaban J connectivity index is 1.51. The molecule has 3 fully saturated rings. The van der Waals surface area contributed by atoms with Crippen LogP contribution in [0.25, 0.3) is 0 Å². The number of nitrogens with zero attached hydrogens (tertiary/aromatic N) is 1. The van der Waals surface area contributed by atoms with Crippen molar-refractivity contribution in [1.29, 1.82) is 0 Å². The molecule has 19 heavy (non-hydrogen) atoms. The first kappa shape index (κ1) is 13.2. The van der Waals surface area contributed by atoms with Gasteiger partial charge in [0.1, 0.15) is 0 Å². The number of hydrogen-bond acceptors (Lipinski definition) is 2. The minimum absolute atomic E-state index is 0.169. The number of urea groups is 1. The van der Waals surface area contributed by atoms with E-state index in [2.05, 4.69) is 10.6 Å². The Morgan fingerprint density at radius 2 is 1.84 bits per heavy atom. The van der Waals surface area contributed by atoms with Gasteiger partial charge in [-0.1, -0.05) is 25.7 Å². The molecule has 2 N–H and O–H groups in total. The maximum atomic E-state index is 12.1. The predicted molar refractivity (Wildman–Crippen MR) is 76.1 cm³/mol. The van der Waals surface area contributed by atoms with E-state index in [4.69, 9.17) is 0 Å². The van der Waals surface area contributed by atoms with Gasteiger partial charge in [-0.05, 0) is 38.1 Å². The standard InChI is InChI=1S/C15H27N3O/c19-15-17-14(12-6-2-1-3-7-12)11-18(15)10-13-8-4-5-9-16-13/h12-14,16H,1-11H2,(H,17,19). The van der Waals surface area contributed by atoms with Crippen LogP contribution in [0.4, 0.5) is 4.79 Å². The zero-order valence-electron chi connectivity index (χ0n) is 11.9. The van der Waals surface area contributed by atoms with Gasteiger partial charge in [-0.15, -0.1) is 0 Å². The van der Waals surface area contributed by atoms with Crippen LogP contribution < -0.4 is 10.6 Å². The van der Waals surface area contributed by atoms with Crippen molar-refractivity contribution >= 4 is 6.03 Å². The molecular weight excluding hydrogens is 238 g/mol. The molecule has 0 aromatic carbocycles. The van der Waals surface area contributed by atoms with Gasteiger partial charge in [0.25, 0.3) is 0 Å². The van der Waals surface area contributed by atoms with E-state index < -0.39 is 0 Å². The predicted octanol–water partition coefficient (Wildman–Crippen LogP) is 2.10. The van der Waals surface area contributed by atoms with Crippen LogP contribution in [0.15, 0.2) is 0 Å². The molecule has 2 unspecified atom stereocenters. The van der Waals surface area contributed by atoms with Crippen LogP contribution in [0, 0.1) is 5.92 Å². The minimum atomic E-state index is 0.169. The molecule has 0 bridgehead atoms. The molecule has 0 aromatic heterocycles. The summed E-state index contributed by atoms with van der Waals surface area (Å²) in [6.45, 7) is 2.95. The molecule has 2 saturated heterocycles. The summed E-state index contributed by atoms with van der Waals surface area (Å²) in [7, 11) is 0. The third-order valence-corrected chi connectivity index (χ3v) is 5.09. The third-order valence-electron chi connectivity index (χ3n) is 5.09. The van der Waals surface area contributed by atoms with Crippen LogP contribution >= 0.6 is 0 Å². The first-order valence-corrected chi connectivity index (χ1v) is 8.12. The molecular formula is C15H27N3O. The van der Waals surface area contributed by atoms with E-state index in [1.807, 2.05) is 4.90 Å². The van der Waals surface area contributed by atoms with Gasteiger partial charge in [0, 0.05) is 19.1 Å². The van der Waals surface area contributed by atoms with Gasteiger partial charge < -0.3 is 15.5 Å². The van der Waals surface area contributed by atoms with E-state index in [9.17, 15) is 4.79 Å². The van der Waals surface area contributed by atoms with Crippen molar-refractivity contribution in [2.24, 2.45) is 5.92 Å². The number of nitrogens with one attached hydrogen (secondary N) is 2. The zero-order valence-corrected chi connectivity index (χ0v) is 11.9. The van der Waals surface area contributed by atoms with Gasteiger partial charge in [0.2, 0.25) is 0 Å². The molecule has 1 saturated carbocycles. The maximum absolute atomic E-state index is 12.1. The molecule has 0 aromatic rings. The Kier molecular flexibility index (Phi) is 4.26. The van der Waals surface area contributed by atoms with E-state index in [0.717, 1.165) is 25.6 Å². The van der Waals surface area contributed by atoms with Gasteiger partial charge >= 0.3 is 6.03 Å². The van der Waals surface area contributed by atoms with Crippen LogP contribution in [-0.4, -0.2) is 42.6 Å². The molecule has 2 aliphatic heterocycles. The number of carbonyl (C=O) groups is 1. The summed E-state index contributed by atoms with van der Waals surface area (Å²) in [6.07, 6.45) is 10.5. The summed E-state index contributed by atoms with van der Waals surface area (Å²) in [5.74, 6) is 0.724. The topological polar surface area (TPSA) is 44.4 Å². The van der Waals surface area contributed by atoms with Gasteiger partial charge in [0.05, 0.1) is 6.04 Å². The fraction of sp³-hybridized carbons (Fsp3) is 0.933. The molecule has 108 valence electrons. The largest absolute Gasteiger partial charge is 0.333 e. The first-order chi connectivity index (χ1) is 9.33. The third kappa shape index (κ3) is 3.22. The average Bonchev–Trinajstić information content (AvgIpc) is 2.82. The Bertz CT molecular complexity index is 309. The van der Waals surface area contributed by atoms with E-state index in [1.165, 1.54) is 51.4 Å². The van der Waals surface area contributed by atoms with Crippen molar-refractivity contribution in [2.75, 3.05) is 19.6 Å². The highest BCUT2D eigenvalue weighted by Gasteiger charge is 2.35. The van der Waals surface area contributed by atoms with Gasteiger partial charge in [-0.25, -0.2) is 4.79 Å². The van der Waals surface area contributed by atoms with Crippen molar-refractivity contribution in [2.45, 2.75) is 63.5 Å². The molecule has 4 nitrogen and oxygen atoms in total. The summed E-state index contributed by atoms with van der Waals surface area (Å²) in [5, 5.41) is 6.76. The van der Waals surface area contributed by atoms with Crippen molar-refractivity contribution in [3.8, 4) is 0 Å². The highest BCUT2D eigenvalue weighted by molar-refractivity contribution is 5.77. The SMILES string of the molecule is O=C1NC(C2CCCCC2)CN1CC1CCCCN1. The molecule has 3 aliphatic rings. The maximum Gasteiger partial charge on any atom is 0.317 e. The fourth-order valence-corrected chi connectivity index (χ4v) is 3.92. The lowest BCUT2D eigenvalue weighted by molar-refractivity contribution is 0.206. The van der Waals surface area contributed by atoms with Crippen LogP contribution in [-0.2, 0) is 0 Å². The first-order valence-electron chi connectivity index (χ1n) is 8.12. The average molecular weight is 265 g/mol. The van der Waals surface area contributed by atoms with E-state index in [0.29, 0.717) is 12.1 Å². The van der Waals surface area contributed by atoms with Crippen LogP contribution in [0.2, 0.25) is 0 Å². The Hall–Kier alpha value is -0.770. The van der Waals surface area contributed by atoms with E-state index in [-0.39, 0.29) is 6.03 Å². The van der Waals surface area contributed by atoms with Crippen LogP contribution in [0.3, 0.4) is 0 Å². The summed E-state index contributed by atoms with van der Waals surface area (Å²) >= 11 is 0. The molecule has 3 rings (SSSR count). The van der Waals surface area contributed by atoms with E-state index >= 15 is 0 Å². The Labute approximate surface area is 116 Å². The second kappa shape index (κ2) is 6.12. The van der Waals surface area contributed by atoms with Crippen LogP contribution in [0.5, 0.6) is 0 Å². The molecule has 0 spiro atoms. The smallest absolute Gasteiger partial charge is 0.317 e. The van der Waals surface area contributed by atoms with Crippen molar-refractivity contribution in [3.63, 3.8) is 0 Å². The number of rotatable bonds is 3. The fourth-order valence-electron chi connectivity index (χ4n) is 3.92.